The van der Waals surface area contributed by atoms with Crippen molar-refractivity contribution in [3.05, 3.63) is 0 Å². The van der Waals surface area contributed by atoms with Gasteiger partial charge in [0.15, 0.2) is 18.7 Å². The fraction of sp³-hybridized carbons (Fsp3) is 0.938. The smallest absolute Gasteiger partial charge is 0.306 e. The van der Waals surface area contributed by atoms with E-state index in [0.717, 1.165) is 38.5 Å². The monoisotopic (exact) mass is 648 g/mol. The molecule has 3 aliphatic heterocycles. The zero-order chi connectivity index (χ0) is 32.8. The Labute approximate surface area is 266 Å². The summed E-state index contributed by atoms with van der Waals surface area (Å²) < 4.78 is 34.2. The molecular formula is C32H56O13. The third-order valence-corrected chi connectivity index (χ3v) is 8.83. The maximum atomic E-state index is 12.8. The molecule has 0 aromatic rings. The van der Waals surface area contributed by atoms with Gasteiger partial charge in [0, 0.05) is 13.3 Å². The van der Waals surface area contributed by atoms with Gasteiger partial charge in [-0.15, -0.1) is 0 Å². The molecule has 1 unspecified atom stereocenters. The second-order valence-electron chi connectivity index (χ2n) is 12.7. The Morgan fingerprint density at radius 2 is 1.24 bits per heavy atom. The highest BCUT2D eigenvalue weighted by molar-refractivity contribution is 5.69. The molecule has 0 aliphatic carbocycles. The first-order chi connectivity index (χ1) is 21.6. The van der Waals surface area contributed by atoms with E-state index >= 15 is 0 Å². The molecule has 0 aromatic carbocycles. The van der Waals surface area contributed by atoms with Crippen LogP contribution in [0.3, 0.4) is 0 Å². The molecule has 0 spiro atoms. The van der Waals surface area contributed by atoms with Gasteiger partial charge in [0.1, 0.15) is 49.3 Å². The van der Waals surface area contributed by atoms with E-state index in [4.69, 9.17) is 28.4 Å². The summed E-state index contributed by atoms with van der Waals surface area (Å²) in [6, 6.07) is 0. The molecule has 3 aliphatic rings. The molecule has 5 N–H and O–H groups in total. The third kappa shape index (κ3) is 12.3. The predicted molar refractivity (Wildman–Crippen MR) is 160 cm³/mol. The lowest BCUT2D eigenvalue weighted by Gasteiger charge is -2.46. The largest absolute Gasteiger partial charge is 0.463 e. The fourth-order valence-electron chi connectivity index (χ4n) is 6.11. The molecular weight excluding hydrogens is 592 g/mol. The van der Waals surface area contributed by atoms with Gasteiger partial charge in [0.2, 0.25) is 0 Å². The molecule has 2 bridgehead atoms. The van der Waals surface area contributed by atoms with E-state index in [1.54, 1.807) is 0 Å². The average Bonchev–Trinajstić information content (AvgIpc) is 3.00. The first-order valence-electron chi connectivity index (χ1n) is 16.9. The number of aliphatic hydroxyl groups excluding tert-OH is 5. The van der Waals surface area contributed by atoms with Crippen LogP contribution in [0.4, 0.5) is 0 Å². The van der Waals surface area contributed by atoms with Gasteiger partial charge in [-0.25, -0.2) is 0 Å². The summed E-state index contributed by atoms with van der Waals surface area (Å²) in [5, 5.41) is 53.5. The van der Waals surface area contributed by atoms with Crippen LogP contribution >= 0.6 is 0 Å². The van der Waals surface area contributed by atoms with Crippen LogP contribution in [0.25, 0.3) is 0 Å². The quantitative estimate of drug-likeness (QED) is 0.280. The minimum atomic E-state index is -1.72. The molecule has 0 amide bonds. The van der Waals surface area contributed by atoms with E-state index in [1.165, 1.54) is 45.4 Å². The number of carbonyl (C=O) groups excluding carboxylic acids is 2. The summed E-state index contributed by atoms with van der Waals surface area (Å²) in [6.45, 7) is 2.02. The second kappa shape index (κ2) is 20.1. The van der Waals surface area contributed by atoms with Crippen molar-refractivity contribution in [2.24, 2.45) is 0 Å². The maximum Gasteiger partial charge on any atom is 0.306 e. The van der Waals surface area contributed by atoms with Crippen LogP contribution in [0.1, 0.15) is 110 Å². The van der Waals surface area contributed by atoms with Crippen LogP contribution in [-0.2, 0) is 38.0 Å². The van der Waals surface area contributed by atoms with Crippen molar-refractivity contribution in [2.75, 3.05) is 13.2 Å². The fourth-order valence-corrected chi connectivity index (χ4v) is 6.11. The van der Waals surface area contributed by atoms with Crippen molar-refractivity contribution in [1.82, 2.24) is 0 Å². The number of esters is 2. The van der Waals surface area contributed by atoms with Crippen LogP contribution in [0.5, 0.6) is 0 Å². The first-order valence-corrected chi connectivity index (χ1v) is 16.9. The molecule has 0 radical (unpaired) electrons. The lowest BCUT2D eigenvalue weighted by atomic mass is 9.97. The molecule has 3 fully saturated rings. The Morgan fingerprint density at radius 3 is 1.82 bits per heavy atom. The van der Waals surface area contributed by atoms with Crippen LogP contribution < -0.4 is 0 Å². The second-order valence-corrected chi connectivity index (χ2v) is 12.7. The molecule has 3 saturated heterocycles. The highest BCUT2D eigenvalue weighted by atomic mass is 16.8. The van der Waals surface area contributed by atoms with Gasteiger partial charge < -0.3 is 54.0 Å². The Balaban J connectivity index is 1.79. The summed E-state index contributed by atoms with van der Waals surface area (Å²) in [5.41, 5.74) is 0. The van der Waals surface area contributed by atoms with Gasteiger partial charge in [0.25, 0.3) is 0 Å². The lowest BCUT2D eigenvalue weighted by Crippen LogP contribution is -2.65. The number of carbonyl (C=O) groups is 2. The molecule has 0 saturated carbocycles. The van der Waals surface area contributed by atoms with Gasteiger partial charge in [-0.1, -0.05) is 77.0 Å². The van der Waals surface area contributed by atoms with Gasteiger partial charge in [-0.05, 0) is 19.8 Å². The molecule has 13 heteroatoms. The molecule has 3 rings (SSSR count). The zero-order valence-electron chi connectivity index (χ0n) is 26.9. The Hall–Kier alpha value is -1.42. The van der Waals surface area contributed by atoms with Crippen LogP contribution in [0.2, 0.25) is 0 Å². The number of aliphatic hydroxyl groups is 5. The summed E-state index contributed by atoms with van der Waals surface area (Å²) >= 11 is 0. The normalized spacial score (nSPS) is 39.4. The van der Waals surface area contributed by atoms with E-state index in [-0.39, 0.29) is 12.5 Å². The van der Waals surface area contributed by atoms with E-state index in [0.29, 0.717) is 12.8 Å². The van der Waals surface area contributed by atoms with Gasteiger partial charge in [-0.3, -0.25) is 9.59 Å². The van der Waals surface area contributed by atoms with E-state index in [9.17, 15) is 35.1 Å². The number of hydrogen-bond acceptors (Lipinski definition) is 13. The topological polar surface area (TPSA) is 191 Å². The highest BCUT2D eigenvalue weighted by Crippen LogP contribution is 2.32. The van der Waals surface area contributed by atoms with E-state index in [1.807, 2.05) is 6.92 Å². The number of fused-ring (bicyclic) bond motifs is 3. The minimum absolute atomic E-state index is 0.0919. The summed E-state index contributed by atoms with van der Waals surface area (Å²) in [6.07, 6.45) is -0.256. The summed E-state index contributed by atoms with van der Waals surface area (Å²) in [7, 11) is 0. The highest BCUT2D eigenvalue weighted by Gasteiger charge is 2.52. The first kappa shape index (κ1) is 38.0. The van der Waals surface area contributed by atoms with Crippen molar-refractivity contribution < 1.29 is 63.5 Å². The Bertz CT molecular complexity index is 859. The molecule has 13 nitrogen and oxygen atoms in total. The standard InChI is InChI=1S/C32H56O13/c1-20-16-14-12-10-8-6-4-3-5-7-9-11-13-15-17-24(35)44-29-26(37)23(19-40-21(2)34)43-31(28(29)39)45-30-27(38)25(36)22(18-33)42-32(30)41-20/h20,22-23,25-33,36-39H,3-19H2,1-2H3/t20-,22+,23+,25+,26+,27-,28+,29-,30?,31-,32+/m0/s1. The Morgan fingerprint density at radius 1 is 0.689 bits per heavy atom. The number of ether oxygens (including phenoxy) is 6. The summed E-state index contributed by atoms with van der Waals surface area (Å²) in [4.78, 5) is 24.3. The van der Waals surface area contributed by atoms with Gasteiger partial charge in [0.05, 0.1) is 12.7 Å². The molecule has 45 heavy (non-hydrogen) atoms. The summed E-state index contributed by atoms with van der Waals surface area (Å²) in [5.74, 6) is -1.26. The van der Waals surface area contributed by atoms with Crippen molar-refractivity contribution in [3.8, 4) is 0 Å². The van der Waals surface area contributed by atoms with Crippen molar-refractivity contribution in [2.45, 2.75) is 178 Å². The number of rotatable bonds is 3. The zero-order valence-corrected chi connectivity index (χ0v) is 26.9. The Kier molecular flexibility index (Phi) is 17.0. The van der Waals surface area contributed by atoms with Gasteiger partial charge >= 0.3 is 11.9 Å². The maximum absolute atomic E-state index is 12.8. The van der Waals surface area contributed by atoms with E-state index in [2.05, 4.69) is 0 Å². The van der Waals surface area contributed by atoms with Gasteiger partial charge in [-0.2, -0.15) is 0 Å². The predicted octanol–water partition coefficient (Wildman–Crippen LogP) is 2.00. The van der Waals surface area contributed by atoms with Crippen molar-refractivity contribution in [1.29, 1.82) is 0 Å². The third-order valence-electron chi connectivity index (χ3n) is 8.83. The van der Waals surface area contributed by atoms with Crippen LogP contribution in [0.15, 0.2) is 0 Å². The number of hydrogen-bond donors (Lipinski definition) is 5. The molecule has 3 heterocycles. The van der Waals surface area contributed by atoms with Crippen LogP contribution in [-0.4, -0.2) is 118 Å². The average molecular weight is 649 g/mol. The van der Waals surface area contributed by atoms with Crippen LogP contribution in [0, 0.1) is 0 Å². The van der Waals surface area contributed by atoms with Crippen molar-refractivity contribution >= 4 is 11.9 Å². The lowest BCUT2D eigenvalue weighted by molar-refractivity contribution is -0.371. The minimum Gasteiger partial charge on any atom is -0.463 e. The SMILES string of the molecule is CC(=O)OC[C@H]1O[C@H]2OC3[C@H](O[C@@H](C)CCCCCCCCCCCCCCCC(=O)O[C@H]([C@H]2O)[C@@H]1O)O[C@H](CO)[C@@H](O)[C@@H]3O. The molecule has 0 aromatic heterocycles. The molecule has 11 atom stereocenters. The van der Waals surface area contributed by atoms with Crippen molar-refractivity contribution in [3.63, 3.8) is 0 Å². The molecule has 262 valence electrons. The van der Waals surface area contributed by atoms with E-state index < -0.39 is 86.6 Å².